The van der Waals surface area contributed by atoms with Gasteiger partial charge in [-0.2, -0.15) is 5.26 Å². The standard InChI is InChI=1S/C18H14BrNO2/c19-16-7-5-14(6-8-16)10-18(22)11-17(21)9-13-1-3-15(12-20)4-2-13/h1-8H,9-11H2. The zero-order valence-corrected chi connectivity index (χ0v) is 13.5. The van der Waals surface area contributed by atoms with Gasteiger partial charge < -0.3 is 0 Å². The van der Waals surface area contributed by atoms with Crippen molar-refractivity contribution in [1.82, 2.24) is 0 Å². The van der Waals surface area contributed by atoms with Crippen molar-refractivity contribution in [3.63, 3.8) is 0 Å². The molecule has 0 aliphatic carbocycles. The van der Waals surface area contributed by atoms with Gasteiger partial charge in [-0.05, 0) is 35.4 Å². The third-order valence-electron chi connectivity index (χ3n) is 3.19. The maximum absolute atomic E-state index is 11.9. The minimum absolute atomic E-state index is 0.0595. The van der Waals surface area contributed by atoms with Gasteiger partial charge in [-0.25, -0.2) is 0 Å². The summed E-state index contributed by atoms with van der Waals surface area (Å²) in [5.41, 5.74) is 2.28. The van der Waals surface area contributed by atoms with E-state index in [0.717, 1.165) is 15.6 Å². The molecule has 0 saturated heterocycles. The Labute approximate surface area is 137 Å². The quantitative estimate of drug-likeness (QED) is 0.743. The second kappa shape index (κ2) is 7.67. The zero-order valence-electron chi connectivity index (χ0n) is 11.9. The van der Waals surface area contributed by atoms with Crippen molar-refractivity contribution in [3.8, 4) is 6.07 Å². The van der Waals surface area contributed by atoms with Gasteiger partial charge in [-0.1, -0.05) is 40.2 Å². The Bertz CT molecular complexity index is 712. The molecule has 0 unspecified atom stereocenters. The number of hydrogen-bond acceptors (Lipinski definition) is 3. The molecular weight excluding hydrogens is 342 g/mol. The fourth-order valence-corrected chi connectivity index (χ4v) is 2.36. The first-order valence-corrected chi connectivity index (χ1v) is 7.63. The molecule has 22 heavy (non-hydrogen) atoms. The summed E-state index contributed by atoms with van der Waals surface area (Å²) >= 11 is 3.34. The Morgan fingerprint density at radius 1 is 0.864 bits per heavy atom. The molecule has 0 atom stereocenters. The Kier molecular flexibility index (Phi) is 5.62. The third-order valence-corrected chi connectivity index (χ3v) is 3.72. The molecule has 0 heterocycles. The summed E-state index contributed by atoms with van der Waals surface area (Å²) in [6.07, 6.45) is 0.431. The maximum Gasteiger partial charge on any atom is 0.144 e. The van der Waals surface area contributed by atoms with Crippen LogP contribution >= 0.6 is 15.9 Å². The number of halogens is 1. The number of ketones is 2. The number of nitriles is 1. The fourth-order valence-electron chi connectivity index (χ4n) is 2.10. The molecule has 2 aromatic rings. The van der Waals surface area contributed by atoms with Gasteiger partial charge in [0.1, 0.15) is 11.6 Å². The number of hydrogen-bond donors (Lipinski definition) is 0. The second-order valence-electron chi connectivity index (χ2n) is 5.04. The first-order chi connectivity index (χ1) is 10.6. The van der Waals surface area contributed by atoms with Crippen LogP contribution in [0.5, 0.6) is 0 Å². The van der Waals surface area contributed by atoms with E-state index >= 15 is 0 Å². The molecule has 0 bridgehead atoms. The Balaban J connectivity index is 1.86. The van der Waals surface area contributed by atoms with Crippen LogP contribution in [-0.2, 0) is 22.4 Å². The normalized spacial score (nSPS) is 10.0. The smallest absolute Gasteiger partial charge is 0.144 e. The first-order valence-electron chi connectivity index (χ1n) is 6.83. The lowest BCUT2D eigenvalue weighted by Gasteiger charge is -2.03. The van der Waals surface area contributed by atoms with Crippen LogP contribution in [0.1, 0.15) is 23.1 Å². The highest BCUT2D eigenvalue weighted by molar-refractivity contribution is 9.10. The molecule has 0 N–H and O–H groups in total. The molecule has 0 radical (unpaired) electrons. The van der Waals surface area contributed by atoms with Gasteiger partial charge >= 0.3 is 0 Å². The van der Waals surface area contributed by atoms with E-state index in [0.29, 0.717) is 5.56 Å². The maximum atomic E-state index is 11.9. The van der Waals surface area contributed by atoms with Crippen molar-refractivity contribution in [2.24, 2.45) is 0 Å². The van der Waals surface area contributed by atoms with Gasteiger partial charge in [0.15, 0.2) is 0 Å². The molecule has 110 valence electrons. The minimum atomic E-state index is -0.105. The Hall–Kier alpha value is -2.25. The highest BCUT2D eigenvalue weighted by Crippen LogP contribution is 2.12. The molecule has 0 aliphatic heterocycles. The van der Waals surface area contributed by atoms with Crippen molar-refractivity contribution < 1.29 is 9.59 Å². The van der Waals surface area contributed by atoms with Crippen LogP contribution in [0.15, 0.2) is 53.0 Å². The van der Waals surface area contributed by atoms with Gasteiger partial charge in [0.2, 0.25) is 0 Å². The average Bonchev–Trinajstić information content (AvgIpc) is 2.50. The summed E-state index contributed by atoms with van der Waals surface area (Å²) in [6, 6.07) is 16.4. The Morgan fingerprint density at radius 2 is 1.32 bits per heavy atom. The molecule has 3 nitrogen and oxygen atoms in total. The number of nitrogens with zero attached hydrogens (tertiary/aromatic N) is 1. The topological polar surface area (TPSA) is 57.9 Å². The van der Waals surface area contributed by atoms with Crippen molar-refractivity contribution in [1.29, 1.82) is 5.26 Å². The van der Waals surface area contributed by atoms with Crippen LogP contribution in [-0.4, -0.2) is 11.6 Å². The summed E-state index contributed by atoms with van der Waals surface area (Å²) in [4.78, 5) is 23.9. The number of rotatable bonds is 6. The van der Waals surface area contributed by atoms with Crippen LogP contribution in [0.2, 0.25) is 0 Å². The van der Waals surface area contributed by atoms with E-state index in [4.69, 9.17) is 5.26 Å². The van der Waals surface area contributed by atoms with Gasteiger partial charge in [-0.15, -0.1) is 0 Å². The van der Waals surface area contributed by atoms with E-state index in [1.54, 1.807) is 24.3 Å². The first kappa shape index (κ1) is 16.1. The highest BCUT2D eigenvalue weighted by Gasteiger charge is 2.11. The molecule has 0 spiro atoms. The number of Topliss-reactive ketones (excluding diaryl/α,β-unsaturated/α-hetero) is 2. The van der Waals surface area contributed by atoms with E-state index in [-0.39, 0.29) is 30.8 Å². The van der Waals surface area contributed by atoms with Crippen molar-refractivity contribution in [2.45, 2.75) is 19.3 Å². The number of carbonyl (C=O) groups is 2. The van der Waals surface area contributed by atoms with Crippen molar-refractivity contribution in [3.05, 3.63) is 69.7 Å². The lowest BCUT2D eigenvalue weighted by molar-refractivity contribution is -0.126. The lowest BCUT2D eigenvalue weighted by atomic mass is 10.0. The van der Waals surface area contributed by atoms with E-state index in [2.05, 4.69) is 15.9 Å². The third kappa shape index (κ3) is 4.94. The average molecular weight is 356 g/mol. The zero-order chi connectivity index (χ0) is 15.9. The van der Waals surface area contributed by atoms with Crippen molar-refractivity contribution in [2.75, 3.05) is 0 Å². The number of carbonyl (C=O) groups excluding carboxylic acids is 2. The van der Waals surface area contributed by atoms with Crippen LogP contribution in [0.4, 0.5) is 0 Å². The van der Waals surface area contributed by atoms with E-state index in [9.17, 15) is 9.59 Å². The summed E-state index contributed by atoms with van der Waals surface area (Å²) in [7, 11) is 0. The summed E-state index contributed by atoms with van der Waals surface area (Å²) < 4.78 is 0.959. The molecule has 0 aliphatic rings. The molecular formula is C18H14BrNO2. The molecule has 0 amide bonds. The van der Waals surface area contributed by atoms with Crippen LogP contribution in [0, 0.1) is 11.3 Å². The minimum Gasteiger partial charge on any atom is -0.299 e. The highest BCUT2D eigenvalue weighted by atomic mass is 79.9. The van der Waals surface area contributed by atoms with Gasteiger partial charge in [0, 0.05) is 17.3 Å². The lowest BCUT2D eigenvalue weighted by Crippen LogP contribution is -2.12. The second-order valence-corrected chi connectivity index (χ2v) is 5.96. The van der Waals surface area contributed by atoms with Gasteiger partial charge in [0.25, 0.3) is 0 Å². The van der Waals surface area contributed by atoms with E-state index < -0.39 is 0 Å². The van der Waals surface area contributed by atoms with Crippen molar-refractivity contribution >= 4 is 27.5 Å². The summed E-state index contributed by atoms with van der Waals surface area (Å²) in [5.74, 6) is -0.187. The molecule has 0 aromatic heterocycles. The van der Waals surface area contributed by atoms with Crippen LogP contribution in [0.25, 0.3) is 0 Å². The molecule has 4 heteroatoms. The number of benzene rings is 2. The van der Waals surface area contributed by atoms with Gasteiger partial charge in [0.05, 0.1) is 18.1 Å². The molecule has 2 rings (SSSR count). The van der Waals surface area contributed by atoms with E-state index in [1.807, 2.05) is 30.3 Å². The van der Waals surface area contributed by atoms with Gasteiger partial charge in [-0.3, -0.25) is 9.59 Å². The predicted octanol–water partition coefficient (Wildman–Crippen LogP) is 3.63. The molecule has 0 saturated carbocycles. The molecule has 2 aromatic carbocycles. The summed E-state index contributed by atoms with van der Waals surface area (Å²) in [6.45, 7) is 0. The van der Waals surface area contributed by atoms with Crippen LogP contribution in [0.3, 0.4) is 0 Å². The van der Waals surface area contributed by atoms with Crippen LogP contribution < -0.4 is 0 Å². The Morgan fingerprint density at radius 3 is 1.77 bits per heavy atom. The monoisotopic (exact) mass is 355 g/mol. The SMILES string of the molecule is N#Cc1ccc(CC(=O)CC(=O)Cc2ccc(Br)cc2)cc1. The molecule has 0 fully saturated rings. The van der Waals surface area contributed by atoms with E-state index in [1.165, 1.54) is 0 Å². The fraction of sp³-hybridized carbons (Fsp3) is 0.167. The summed E-state index contributed by atoms with van der Waals surface area (Å²) in [5, 5.41) is 8.72. The largest absolute Gasteiger partial charge is 0.299 e. The predicted molar refractivity (Wildman–Crippen MR) is 87.3 cm³/mol.